The van der Waals surface area contributed by atoms with Crippen LogP contribution in [0.5, 0.6) is 5.75 Å². The van der Waals surface area contributed by atoms with Crippen molar-refractivity contribution in [1.82, 2.24) is 10.2 Å². The molecular formula is C18H22F2N2O4. The maximum atomic E-state index is 12.4. The third-order valence-corrected chi connectivity index (χ3v) is 3.92. The van der Waals surface area contributed by atoms with Crippen molar-refractivity contribution >= 4 is 18.1 Å². The van der Waals surface area contributed by atoms with E-state index in [0.717, 1.165) is 0 Å². The van der Waals surface area contributed by atoms with Gasteiger partial charge in [0.15, 0.2) is 0 Å². The summed E-state index contributed by atoms with van der Waals surface area (Å²) in [6.45, 7) is 0.179. The predicted molar refractivity (Wildman–Crippen MR) is 91.9 cm³/mol. The number of ether oxygens (including phenoxy) is 2. The van der Waals surface area contributed by atoms with Crippen LogP contribution in [0.4, 0.5) is 13.6 Å². The van der Waals surface area contributed by atoms with Gasteiger partial charge in [-0.2, -0.15) is 8.78 Å². The van der Waals surface area contributed by atoms with Gasteiger partial charge in [0.25, 0.3) is 0 Å². The molecule has 0 radical (unpaired) electrons. The second-order valence-electron chi connectivity index (χ2n) is 5.72. The number of rotatable bonds is 6. The van der Waals surface area contributed by atoms with Gasteiger partial charge in [-0.1, -0.05) is 18.2 Å². The maximum Gasteiger partial charge on any atom is 0.409 e. The lowest BCUT2D eigenvalue weighted by Crippen LogP contribution is -2.46. The predicted octanol–water partition coefficient (Wildman–Crippen LogP) is 3.04. The first-order valence-electron chi connectivity index (χ1n) is 8.43. The zero-order valence-electron chi connectivity index (χ0n) is 14.5. The SMILES string of the molecule is CCOC(=O)N1CCC(NC(=O)C=Cc2ccccc2OC(F)F)CC1. The number of hydrogen-bond acceptors (Lipinski definition) is 4. The molecule has 8 heteroatoms. The minimum Gasteiger partial charge on any atom is -0.450 e. The van der Waals surface area contributed by atoms with E-state index in [0.29, 0.717) is 38.1 Å². The van der Waals surface area contributed by atoms with Gasteiger partial charge in [-0.05, 0) is 31.9 Å². The molecular weight excluding hydrogens is 346 g/mol. The molecule has 1 fully saturated rings. The lowest BCUT2D eigenvalue weighted by atomic mass is 10.1. The number of piperidine rings is 1. The molecule has 1 saturated heterocycles. The summed E-state index contributed by atoms with van der Waals surface area (Å²) >= 11 is 0. The molecule has 1 aromatic rings. The lowest BCUT2D eigenvalue weighted by Gasteiger charge is -2.31. The molecule has 1 aliphatic rings. The highest BCUT2D eigenvalue weighted by Crippen LogP contribution is 2.21. The molecule has 26 heavy (non-hydrogen) atoms. The number of carbonyl (C=O) groups excluding carboxylic acids is 2. The summed E-state index contributed by atoms with van der Waals surface area (Å²) < 4.78 is 34.1. The minimum absolute atomic E-state index is 0.00861. The maximum absolute atomic E-state index is 12.4. The molecule has 0 aliphatic carbocycles. The van der Waals surface area contributed by atoms with Crippen molar-refractivity contribution < 1.29 is 27.8 Å². The summed E-state index contributed by atoms with van der Waals surface area (Å²) in [6.07, 6.45) is 3.63. The van der Waals surface area contributed by atoms with Crippen molar-refractivity contribution in [2.75, 3.05) is 19.7 Å². The Hall–Kier alpha value is -2.64. The molecule has 0 atom stereocenters. The van der Waals surface area contributed by atoms with Gasteiger partial charge in [-0.25, -0.2) is 4.79 Å². The van der Waals surface area contributed by atoms with Gasteiger partial charge in [0, 0.05) is 30.8 Å². The lowest BCUT2D eigenvalue weighted by molar-refractivity contribution is -0.117. The van der Waals surface area contributed by atoms with Crippen LogP contribution in [0.2, 0.25) is 0 Å². The van der Waals surface area contributed by atoms with E-state index < -0.39 is 6.61 Å². The molecule has 1 aliphatic heterocycles. The number of likely N-dealkylation sites (tertiary alicyclic amines) is 1. The summed E-state index contributed by atoms with van der Waals surface area (Å²) in [5.74, 6) is -0.319. The van der Waals surface area contributed by atoms with Gasteiger partial charge in [0.05, 0.1) is 6.61 Å². The molecule has 1 aromatic carbocycles. The monoisotopic (exact) mass is 368 g/mol. The van der Waals surface area contributed by atoms with E-state index in [1.807, 2.05) is 0 Å². The van der Waals surface area contributed by atoms with Crippen LogP contribution in [0.1, 0.15) is 25.3 Å². The van der Waals surface area contributed by atoms with E-state index in [-0.39, 0.29) is 23.8 Å². The fourth-order valence-corrected chi connectivity index (χ4v) is 2.66. The van der Waals surface area contributed by atoms with Crippen LogP contribution in [-0.2, 0) is 9.53 Å². The second kappa shape index (κ2) is 9.74. The van der Waals surface area contributed by atoms with Crippen LogP contribution in [0.25, 0.3) is 6.08 Å². The quantitative estimate of drug-likeness (QED) is 0.784. The molecule has 0 unspecified atom stereocenters. The summed E-state index contributed by atoms with van der Waals surface area (Å²) in [5.41, 5.74) is 0.389. The van der Waals surface area contributed by atoms with Crippen molar-refractivity contribution in [2.24, 2.45) is 0 Å². The molecule has 0 aromatic heterocycles. The Labute approximate surface area is 150 Å². The van der Waals surface area contributed by atoms with E-state index in [1.165, 1.54) is 18.2 Å². The zero-order chi connectivity index (χ0) is 18.9. The van der Waals surface area contributed by atoms with Crippen LogP contribution in [0.3, 0.4) is 0 Å². The van der Waals surface area contributed by atoms with Gasteiger partial charge in [0.1, 0.15) is 5.75 Å². The topological polar surface area (TPSA) is 67.9 Å². The highest BCUT2D eigenvalue weighted by molar-refractivity contribution is 5.92. The van der Waals surface area contributed by atoms with Crippen LogP contribution < -0.4 is 10.1 Å². The number of hydrogen-bond donors (Lipinski definition) is 1. The molecule has 0 spiro atoms. The van der Waals surface area contributed by atoms with Crippen molar-refractivity contribution in [3.63, 3.8) is 0 Å². The van der Waals surface area contributed by atoms with Crippen molar-refractivity contribution in [3.05, 3.63) is 35.9 Å². The normalized spacial score (nSPS) is 15.3. The molecule has 142 valence electrons. The first-order valence-corrected chi connectivity index (χ1v) is 8.43. The van der Waals surface area contributed by atoms with Gasteiger partial charge < -0.3 is 19.7 Å². The van der Waals surface area contributed by atoms with Crippen LogP contribution in [0.15, 0.2) is 30.3 Å². The van der Waals surface area contributed by atoms with Gasteiger partial charge in [-0.15, -0.1) is 0 Å². The molecule has 1 heterocycles. The van der Waals surface area contributed by atoms with Gasteiger partial charge >= 0.3 is 12.7 Å². The van der Waals surface area contributed by atoms with E-state index in [1.54, 1.807) is 30.0 Å². The van der Waals surface area contributed by atoms with Crippen molar-refractivity contribution in [2.45, 2.75) is 32.4 Å². The number of halogens is 2. The Balaban J connectivity index is 1.84. The molecule has 0 bridgehead atoms. The average molecular weight is 368 g/mol. The highest BCUT2D eigenvalue weighted by Gasteiger charge is 2.24. The summed E-state index contributed by atoms with van der Waals surface area (Å²) in [6, 6.07) is 6.19. The van der Waals surface area contributed by atoms with Crippen molar-refractivity contribution in [1.29, 1.82) is 0 Å². The fourth-order valence-electron chi connectivity index (χ4n) is 2.66. The number of benzene rings is 1. The molecule has 0 saturated carbocycles. The summed E-state index contributed by atoms with van der Waals surface area (Å²) in [7, 11) is 0. The minimum atomic E-state index is -2.93. The van der Waals surface area contributed by atoms with E-state index in [4.69, 9.17) is 4.74 Å². The Morgan fingerprint density at radius 1 is 1.31 bits per heavy atom. The largest absolute Gasteiger partial charge is 0.450 e. The molecule has 6 nitrogen and oxygen atoms in total. The number of nitrogens with zero attached hydrogens (tertiary/aromatic N) is 1. The summed E-state index contributed by atoms with van der Waals surface area (Å²) in [4.78, 5) is 25.3. The molecule has 1 N–H and O–H groups in total. The van der Waals surface area contributed by atoms with Gasteiger partial charge in [-0.3, -0.25) is 4.79 Å². The zero-order valence-corrected chi connectivity index (χ0v) is 14.5. The molecule has 2 rings (SSSR count). The number of alkyl halides is 2. The Morgan fingerprint density at radius 2 is 2.00 bits per heavy atom. The van der Waals surface area contributed by atoms with Crippen molar-refractivity contribution in [3.8, 4) is 5.75 Å². The smallest absolute Gasteiger partial charge is 0.409 e. The average Bonchev–Trinajstić information content (AvgIpc) is 2.61. The first kappa shape index (κ1) is 19.7. The van der Waals surface area contributed by atoms with E-state index in [9.17, 15) is 18.4 Å². The summed E-state index contributed by atoms with van der Waals surface area (Å²) in [5, 5.41) is 2.85. The highest BCUT2D eigenvalue weighted by atomic mass is 19.3. The Kier molecular flexibility index (Phi) is 7.37. The molecule has 2 amide bonds. The first-order chi connectivity index (χ1) is 12.5. The fraction of sp³-hybridized carbons (Fsp3) is 0.444. The third kappa shape index (κ3) is 6.02. The second-order valence-corrected chi connectivity index (χ2v) is 5.72. The third-order valence-electron chi connectivity index (χ3n) is 3.92. The number of carbonyl (C=O) groups is 2. The number of amides is 2. The van der Waals surface area contributed by atoms with Crippen LogP contribution in [-0.4, -0.2) is 49.3 Å². The van der Waals surface area contributed by atoms with E-state index >= 15 is 0 Å². The standard InChI is InChI=1S/C18H22F2N2O4/c1-2-25-18(24)22-11-9-14(10-12-22)21-16(23)8-7-13-5-3-4-6-15(13)26-17(19)20/h3-8,14,17H,2,9-12H2,1H3,(H,21,23). The number of nitrogens with one attached hydrogen (secondary N) is 1. The van der Waals surface area contributed by atoms with E-state index in [2.05, 4.69) is 10.1 Å². The number of para-hydroxylation sites is 1. The van der Waals surface area contributed by atoms with Gasteiger partial charge in [0.2, 0.25) is 5.91 Å². The van der Waals surface area contributed by atoms with Crippen LogP contribution in [0, 0.1) is 0 Å². The van der Waals surface area contributed by atoms with Crippen LogP contribution >= 0.6 is 0 Å². The Bertz CT molecular complexity index is 644. The Morgan fingerprint density at radius 3 is 2.65 bits per heavy atom.